The summed E-state index contributed by atoms with van der Waals surface area (Å²) in [5.74, 6) is -2.23. The molecule has 0 N–H and O–H groups in total. The summed E-state index contributed by atoms with van der Waals surface area (Å²) < 4.78 is 58.3. The largest absolute Gasteiger partial charge is 0.292 e. The van der Waals surface area contributed by atoms with Crippen LogP contribution in [0.25, 0.3) is 0 Å². The summed E-state index contributed by atoms with van der Waals surface area (Å²) in [7, 11) is -4.08. The molecular weight excluding hydrogens is 432 g/mol. The average molecular weight is 452 g/mol. The molecule has 1 aliphatic rings. The Morgan fingerprint density at radius 3 is 2.77 bits per heavy atom. The molecule has 7 nitrogen and oxygen atoms in total. The Bertz CT molecular complexity index is 1110. The van der Waals surface area contributed by atoms with Crippen LogP contribution >= 0.6 is 11.5 Å². The maximum absolute atomic E-state index is 14.8. The standard InChI is InChI=1S/C19H19F2N5O2S2/c20-15-8-18(30(27,28)11-19-22-12-25-29-19)16(21)7-14(15)10-26-6-2-1-3-17(26)13-4-5-23-24-9-13/h4-5,7-9,12,17H,1-3,6,10-11H2/t17-/m0/s1. The molecule has 0 amide bonds. The normalized spacial score (nSPS) is 17.9. The zero-order valence-corrected chi connectivity index (χ0v) is 17.5. The second-order valence-electron chi connectivity index (χ2n) is 7.13. The van der Waals surface area contributed by atoms with E-state index in [0.29, 0.717) is 0 Å². The van der Waals surface area contributed by atoms with Gasteiger partial charge in [0.05, 0.1) is 6.20 Å². The molecule has 0 unspecified atom stereocenters. The van der Waals surface area contributed by atoms with E-state index in [1.54, 1.807) is 12.4 Å². The lowest BCUT2D eigenvalue weighted by molar-refractivity contribution is 0.138. The fourth-order valence-electron chi connectivity index (χ4n) is 3.70. The molecule has 3 heterocycles. The molecule has 1 aliphatic heterocycles. The number of hydrogen-bond acceptors (Lipinski definition) is 8. The smallest absolute Gasteiger partial charge is 0.187 e. The second-order valence-corrected chi connectivity index (χ2v) is 9.95. The van der Waals surface area contributed by atoms with Crippen LogP contribution in [0.1, 0.15) is 41.4 Å². The summed E-state index contributed by atoms with van der Waals surface area (Å²) >= 11 is 0.906. The highest BCUT2D eigenvalue weighted by atomic mass is 32.2. The molecule has 1 aromatic carbocycles. The van der Waals surface area contributed by atoms with Gasteiger partial charge in [0.1, 0.15) is 33.6 Å². The number of rotatable bonds is 6. The van der Waals surface area contributed by atoms with Crippen LogP contribution < -0.4 is 0 Å². The van der Waals surface area contributed by atoms with Gasteiger partial charge in [-0.2, -0.15) is 14.6 Å². The number of piperidine rings is 1. The Labute approximate surface area is 176 Å². The number of aromatic nitrogens is 4. The Morgan fingerprint density at radius 1 is 1.17 bits per heavy atom. The lowest BCUT2D eigenvalue weighted by atomic mass is 9.96. The minimum absolute atomic E-state index is 0.0255. The Balaban J connectivity index is 1.58. The highest BCUT2D eigenvalue weighted by molar-refractivity contribution is 7.90. The molecule has 0 bridgehead atoms. The maximum Gasteiger partial charge on any atom is 0.187 e. The maximum atomic E-state index is 14.8. The van der Waals surface area contributed by atoms with E-state index in [1.165, 1.54) is 6.33 Å². The quantitative estimate of drug-likeness (QED) is 0.568. The van der Waals surface area contributed by atoms with E-state index in [-0.39, 0.29) is 23.2 Å². The Kier molecular flexibility index (Phi) is 6.11. The van der Waals surface area contributed by atoms with Crippen molar-refractivity contribution in [1.82, 2.24) is 24.5 Å². The van der Waals surface area contributed by atoms with Crippen molar-refractivity contribution in [2.24, 2.45) is 0 Å². The van der Waals surface area contributed by atoms with Crippen LogP contribution in [-0.4, -0.2) is 39.4 Å². The van der Waals surface area contributed by atoms with Crippen molar-refractivity contribution in [3.05, 3.63) is 64.7 Å². The van der Waals surface area contributed by atoms with E-state index in [9.17, 15) is 17.2 Å². The topological polar surface area (TPSA) is 88.9 Å². The monoisotopic (exact) mass is 451 g/mol. The van der Waals surface area contributed by atoms with Crippen molar-refractivity contribution in [1.29, 1.82) is 0 Å². The van der Waals surface area contributed by atoms with E-state index < -0.39 is 32.1 Å². The number of benzene rings is 1. The first kappa shape index (κ1) is 20.9. The fraction of sp³-hybridized carbons (Fsp3) is 0.368. The molecule has 0 spiro atoms. The summed E-state index contributed by atoms with van der Waals surface area (Å²) in [6.07, 6.45) is 7.38. The van der Waals surface area contributed by atoms with Crippen molar-refractivity contribution in [2.45, 2.75) is 42.5 Å². The summed E-state index contributed by atoms with van der Waals surface area (Å²) in [5, 5.41) is 7.93. The van der Waals surface area contributed by atoms with Crippen LogP contribution in [0.2, 0.25) is 0 Å². The highest BCUT2D eigenvalue weighted by Gasteiger charge is 2.28. The van der Waals surface area contributed by atoms with E-state index >= 15 is 0 Å². The lowest BCUT2D eigenvalue weighted by Gasteiger charge is -2.36. The number of nitrogens with zero attached hydrogens (tertiary/aromatic N) is 5. The zero-order chi connectivity index (χ0) is 21.1. The SMILES string of the molecule is O=S(=O)(Cc1ncns1)c1cc(F)c(CN2CCCC[C@H]2c2ccnnc2)cc1F. The number of likely N-dealkylation sites (tertiary alicyclic amines) is 1. The predicted octanol–water partition coefficient (Wildman–Crippen LogP) is 3.31. The van der Waals surface area contributed by atoms with Crippen LogP contribution in [0.15, 0.2) is 41.8 Å². The van der Waals surface area contributed by atoms with Gasteiger partial charge in [-0.05, 0) is 54.7 Å². The number of hydrogen-bond donors (Lipinski definition) is 0. The van der Waals surface area contributed by atoms with Gasteiger partial charge in [-0.3, -0.25) is 4.90 Å². The summed E-state index contributed by atoms with van der Waals surface area (Å²) in [6.45, 7) is 0.900. The third kappa shape index (κ3) is 4.52. The van der Waals surface area contributed by atoms with Crippen molar-refractivity contribution in [3.63, 3.8) is 0 Å². The molecule has 0 radical (unpaired) electrons. The second kappa shape index (κ2) is 8.78. The highest BCUT2D eigenvalue weighted by Crippen LogP contribution is 2.33. The van der Waals surface area contributed by atoms with Gasteiger partial charge >= 0.3 is 0 Å². The van der Waals surface area contributed by atoms with Gasteiger partial charge in [0.15, 0.2) is 9.84 Å². The minimum Gasteiger partial charge on any atom is -0.292 e. The molecule has 11 heteroatoms. The van der Waals surface area contributed by atoms with Crippen molar-refractivity contribution in [3.8, 4) is 0 Å². The zero-order valence-electron chi connectivity index (χ0n) is 15.9. The lowest BCUT2D eigenvalue weighted by Crippen LogP contribution is -2.33. The first-order valence-corrected chi connectivity index (χ1v) is 11.8. The first-order chi connectivity index (χ1) is 14.4. The van der Waals surface area contributed by atoms with Gasteiger partial charge in [0.2, 0.25) is 0 Å². The molecule has 158 valence electrons. The first-order valence-electron chi connectivity index (χ1n) is 9.41. The van der Waals surface area contributed by atoms with Crippen molar-refractivity contribution in [2.75, 3.05) is 6.54 Å². The fourth-order valence-corrected chi connectivity index (χ4v) is 5.88. The summed E-state index contributed by atoms with van der Waals surface area (Å²) in [5.41, 5.74) is 1.10. The Morgan fingerprint density at radius 2 is 2.03 bits per heavy atom. The third-order valence-corrected chi connectivity index (χ3v) is 7.61. The van der Waals surface area contributed by atoms with Crippen molar-refractivity contribution < 1.29 is 17.2 Å². The minimum atomic E-state index is -4.08. The molecule has 1 fully saturated rings. The summed E-state index contributed by atoms with van der Waals surface area (Å²) in [4.78, 5) is 5.21. The van der Waals surface area contributed by atoms with Crippen LogP contribution in [-0.2, 0) is 22.1 Å². The molecule has 0 aliphatic carbocycles. The molecule has 1 saturated heterocycles. The van der Waals surface area contributed by atoms with E-state index in [4.69, 9.17) is 0 Å². The molecule has 4 rings (SSSR count). The van der Waals surface area contributed by atoms with Gasteiger partial charge < -0.3 is 0 Å². The van der Waals surface area contributed by atoms with E-state index in [2.05, 4.69) is 24.5 Å². The van der Waals surface area contributed by atoms with Gasteiger partial charge in [0, 0.05) is 24.3 Å². The Hall–Kier alpha value is -2.37. The third-order valence-electron chi connectivity index (χ3n) is 5.14. The van der Waals surface area contributed by atoms with E-state index in [0.717, 1.165) is 55.0 Å². The van der Waals surface area contributed by atoms with Crippen LogP contribution in [0.5, 0.6) is 0 Å². The molecular formula is C19H19F2N5O2S2. The van der Waals surface area contributed by atoms with Gasteiger partial charge in [-0.15, -0.1) is 0 Å². The van der Waals surface area contributed by atoms with Gasteiger partial charge in [0.25, 0.3) is 0 Å². The number of sulfone groups is 1. The average Bonchev–Trinajstić information content (AvgIpc) is 3.23. The van der Waals surface area contributed by atoms with Crippen LogP contribution in [0, 0.1) is 11.6 Å². The van der Waals surface area contributed by atoms with Crippen LogP contribution in [0.3, 0.4) is 0 Å². The van der Waals surface area contributed by atoms with E-state index in [1.807, 2.05) is 6.07 Å². The van der Waals surface area contributed by atoms with Crippen molar-refractivity contribution >= 4 is 21.4 Å². The summed E-state index contributed by atoms with van der Waals surface area (Å²) in [6, 6.07) is 3.65. The van der Waals surface area contributed by atoms with Gasteiger partial charge in [-0.1, -0.05) is 6.42 Å². The molecule has 30 heavy (non-hydrogen) atoms. The van der Waals surface area contributed by atoms with Gasteiger partial charge in [-0.25, -0.2) is 22.2 Å². The molecule has 2 aromatic heterocycles. The predicted molar refractivity (Wildman–Crippen MR) is 106 cm³/mol. The molecule has 1 atom stereocenters. The number of halogens is 2. The van der Waals surface area contributed by atoms with Crippen LogP contribution in [0.4, 0.5) is 8.78 Å². The molecule has 3 aromatic rings. The molecule has 0 saturated carbocycles.